The first-order chi connectivity index (χ1) is 14.5. The molecular formula is C22H25FN2O5. The zero-order valence-electron chi connectivity index (χ0n) is 16.9. The van der Waals surface area contributed by atoms with Crippen LogP contribution in [0.25, 0.3) is 0 Å². The summed E-state index contributed by atoms with van der Waals surface area (Å²) in [6, 6.07) is 10.2. The second kappa shape index (κ2) is 10.0. The van der Waals surface area contributed by atoms with Gasteiger partial charge < -0.3 is 14.4 Å². The molecule has 1 aliphatic carbocycles. The van der Waals surface area contributed by atoms with Crippen molar-refractivity contribution in [1.82, 2.24) is 4.90 Å². The Hall–Kier alpha value is -3.16. The van der Waals surface area contributed by atoms with Crippen molar-refractivity contribution in [2.24, 2.45) is 0 Å². The molecule has 30 heavy (non-hydrogen) atoms. The maximum absolute atomic E-state index is 13.2. The zero-order valence-corrected chi connectivity index (χ0v) is 16.9. The maximum Gasteiger partial charge on any atom is 0.273 e. The van der Waals surface area contributed by atoms with Crippen LogP contribution in [0.1, 0.15) is 37.7 Å². The molecule has 1 aliphatic rings. The lowest BCUT2D eigenvalue weighted by Crippen LogP contribution is -2.43. The van der Waals surface area contributed by atoms with Crippen LogP contribution in [0.2, 0.25) is 0 Å². The standard InChI is InChI=1S/C22H25FN2O5/c1-29-20-12-11-19(25(27)28)13-21(20)30-15-22(26)24(18-5-3-2-4-6-18)14-16-7-9-17(23)10-8-16/h7-13,18H,2-6,14-15H2,1H3. The Morgan fingerprint density at radius 1 is 1.13 bits per heavy atom. The lowest BCUT2D eigenvalue weighted by atomic mass is 9.93. The molecule has 0 aliphatic heterocycles. The molecule has 0 unspecified atom stereocenters. The van der Waals surface area contributed by atoms with E-state index in [0.717, 1.165) is 37.7 Å². The molecule has 8 heteroatoms. The van der Waals surface area contributed by atoms with E-state index in [1.807, 2.05) is 0 Å². The van der Waals surface area contributed by atoms with E-state index >= 15 is 0 Å². The Labute approximate surface area is 174 Å². The number of halogens is 1. The van der Waals surface area contributed by atoms with Crippen LogP contribution in [0.5, 0.6) is 11.5 Å². The quantitative estimate of drug-likeness (QED) is 0.468. The molecular weight excluding hydrogens is 391 g/mol. The van der Waals surface area contributed by atoms with Crippen LogP contribution in [0.3, 0.4) is 0 Å². The summed E-state index contributed by atoms with van der Waals surface area (Å²) < 4.78 is 24.1. The molecule has 1 fully saturated rings. The highest BCUT2D eigenvalue weighted by atomic mass is 19.1. The summed E-state index contributed by atoms with van der Waals surface area (Å²) in [5, 5.41) is 11.0. The number of benzene rings is 2. The molecule has 2 aromatic rings. The number of hydrogen-bond donors (Lipinski definition) is 0. The number of rotatable bonds is 8. The van der Waals surface area contributed by atoms with Crippen molar-refractivity contribution in [2.45, 2.75) is 44.7 Å². The molecule has 1 saturated carbocycles. The van der Waals surface area contributed by atoms with Gasteiger partial charge >= 0.3 is 0 Å². The largest absolute Gasteiger partial charge is 0.493 e. The first kappa shape index (κ1) is 21.5. The minimum atomic E-state index is -0.531. The fraction of sp³-hybridized carbons (Fsp3) is 0.409. The summed E-state index contributed by atoms with van der Waals surface area (Å²) in [6.45, 7) is 0.0917. The van der Waals surface area contributed by atoms with E-state index in [9.17, 15) is 19.3 Å². The van der Waals surface area contributed by atoms with Gasteiger partial charge in [-0.25, -0.2) is 4.39 Å². The maximum atomic E-state index is 13.2. The molecule has 0 saturated heterocycles. The Balaban J connectivity index is 1.75. The molecule has 0 heterocycles. The van der Waals surface area contributed by atoms with E-state index in [0.29, 0.717) is 12.3 Å². The van der Waals surface area contributed by atoms with E-state index in [-0.39, 0.29) is 35.8 Å². The minimum Gasteiger partial charge on any atom is -0.493 e. The van der Waals surface area contributed by atoms with E-state index in [2.05, 4.69) is 0 Å². The van der Waals surface area contributed by atoms with Crippen LogP contribution in [0.15, 0.2) is 42.5 Å². The van der Waals surface area contributed by atoms with E-state index in [4.69, 9.17) is 9.47 Å². The van der Waals surface area contributed by atoms with Gasteiger partial charge in [0.15, 0.2) is 18.1 Å². The lowest BCUT2D eigenvalue weighted by molar-refractivity contribution is -0.385. The number of nitro groups is 1. The summed E-state index contributed by atoms with van der Waals surface area (Å²) in [5.74, 6) is -0.0863. The normalized spacial score (nSPS) is 14.2. The average Bonchev–Trinajstić information content (AvgIpc) is 2.77. The van der Waals surface area contributed by atoms with Crippen molar-refractivity contribution in [2.75, 3.05) is 13.7 Å². The molecule has 3 rings (SSSR count). The Morgan fingerprint density at radius 2 is 1.83 bits per heavy atom. The molecule has 1 amide bonds. The van der Waals surface area contributed by atoms with Crippen LogP contribution in [-0.4, -0.2) is 35.5 Å². The fourth-order valence-corrected chi connectivity index (χ4v) is 3.71. The topological polar surface area (TPSA) is 81.9 Å². The van der Waals surface area contributed by atoms with Crippen molar-refractivity contribution in [3.8, 4) is 11.5 Å². The van der Waals surface area contributed by atoms with Gasteiger partial charge in [-0.2, -0.15) is 0 Å². The number of hydrogen-bond acceptors (Lipinski definition) is 5. The van der Waals surface area contributed by atoms with Gasteiger partial charge in [-0.1, -0.05) is 31.4 Å². The smallest absolute Gasteiger partial charge is 0.273 e. The first-order valence-electron chi connectivity index (χ1n) is 9.97. The molecule has 0 spiro atoms. The molecule has 0 bridgehead atoms. The van der Waals surface area contributed by atoms with Crippen molar-refractivity contribution in [1.29, 1.82) is 0 Å². The van der Waals surface area contributed by atoms with Crippen molar-refractivity contribution < 1.29 is 23.6 Å². The Bertz CT molecular complexity index is 882. The molecule has 160 valence electrons. The predicted molar refractivity (Wildman–Crippen MR) is 109 cm³/mol. The third-order valence-corrected chi connectivity index (χ3v) is 5.31. The molecule has 0 N–H and O–H groups in total. The molecule has 0 aromatic heterocycles. The highest BCUT2D eigenvalue weighted by Crippen LogP contribution is 2.31. The lowest BCUT2D eigenvalue weighted by Gasteiger charge is -2.34. The Morgan fingerprint density at radius 3 is 2.47 bits per heavy atom. The second-order valence-corrected chi connectivity index (χ2v) is 7.32. The molecule has 7 nitrogen and oxygen atoms in total. The van der Waals surface area contributed by atoms with Gasteiger partial charge in [-0.05, 0) is 36.6 Å². The van der Waals surface area contributed by atoms with Crippen molar-refractivity contribution in [3.05, 3.63) is 64.0 Å². The van der Waals surface area contributed by atoms with Crippen LogP contribution in [0.4, 0.5) is 10.1 Å². The SMILES string of the molecule is COc1ccc([N+](=O)[O-])cc1OCC(=O)N(Cc1ccc(F)cc1)C1CCCCC1. The van der Waals surface area contributed by atoms with E-state index in [1.54, 1.807) is 17.0 Å². The van der Waals surface area contributed by atoms with Crippen LogP contribution in [0, 0.1) is 15.9 Å². The summed E-state index contributed by atoms with van der Waals surface area (Å²) >= 11 is 0. The van der Waals surface area contributed by atoms with Gasteiger partial charge in [0.25, 0.3) is 11.6 Å². The summed E-state index contributed by atoms with van der Waals surface area (Å²) in [5.41, 5.74) is 0.692. The number of carbonyl (C=O) groups excluding carboxylic acids is 1. The second-order valence-electron chi connectivity index (χ2n) is 7.32. The van der Waals surface area contributed by atoms with Crippen LogP contribution >= 0.6 is 0 Å². The average molecular weight is 416 g/mol. The van der Waals surface area contributed by atoms with Gasteiger partial charge in [-0.15, -0.1) is 0 Å². The molecule has 2 aromatic carbocycles. The first-order valence-corrected chi connectivity index (χ1v) is 9.97. The van der Waals surface area contributed by atoms with Crippen LogP contribution < -0.4 is 9.47 Å². The van der Waals surface area contributed by atoms with Gasteiger partial charge in [0.1, 0.15) is 5.82 Å². The number of amides is 1. The summed E-state index contributed by atoms with van der Waals surface area (Å²) in [4.78, 5) is 25.3. The zero-order chi connectivity index (χ0) is 21.5. The predicted octanol–water partition coefficient (Wildman–Crippen LogP) is 4.48. The number of non-ortho nitro benzene ring substituents is 1. The van der Waals surface area contributed by atoms with Crippen molar-refractivity contribution in [3.63, 3.8) is 0 Å². The van der Waals surface area contributed by atoms with E-state index in [1.165, 1.54) is 37.4 Å². The van der Waals surface area contributed by atoms with Gasteiger partial charge in [0.2, 0.25) is 0 Å². The van der Waals surface area contributed by atoms with Gasteiger partial charge in [-0.3, -0.25) is 14.9 Å². The number of ether oxygens (including phenoxy) is 2. The van der Waals surface area contributed by atoms with E-state index < -0.39 is 4.92 Å². The summed E-state index contributed by atoms with van der Waals surface area (Å²) in [6.07, 6.45) is 5.07. The van der Waals surface area contributed by atoms with Gasteiger partial charge in [0.05, 0.1) is 18.1 Å². The minimum absolute atomic E-state index is 0.0897. The molecule has 0 atom stereocenters. The number of carbonyl (C=O) groups is 1. The highest BCUT2D eigenvalue weighted by molar-refractivity contribution is 5.78. The molecule has 0 radical (unpaired) electrons. The number of nitro benzene ring substituents is 1. The number of nitrogens with zero attached hydrogens (tertiary/aromatic N) is 2. The third kappa shape index (κ3) is 5.46. The highest BCUT2D eigenvalue weighted by Gasteiger charge is 2.26. The summed E-state index contributed by atoms with van der Waals surface area (Å²) in [7, 11) is 1.43. The number of methoxy groups -OCH3 is 1. The monoisotopic (exact) mass is 416 g/mol. The Kier molecular flexibility index (Phi) is 7.21. The van der Waals surface area contributed by atoms with Gasteiger partial charge in [0, 0.05) is 18.7 Å². The third-order valence-electron chi connectivity index (χ3n) is 5.31. The van der Waals surface area contributed by atoms with Crippen molar-refractivity contribution >= 4 is 11.6 Å². The fourth-order valence-electron chi connectivity index (χ4n) is 3.71. The van der Waals surface area contributed by atoms with Crippen LogP contribution in [-0.2, 0) is 11.3 Å².